The largest absolute Gasteiger partial charge is 0.284 e. The van der Waals surface area contributed by atoms with E-state index >= 15 is 0 Å². The van der Waals surface area contributed by atoms with Gasteiger partial charge in [0.15, 0.2) is 0 Å². The van der Waals surface area contributed by atoms with Crippen molar-refractivity contribution in [3.63, 3.8) is 0 Å². The lowest BCUT2D eigenvalue weighted by Crippen LogP contribution is -1.92. The Balaban J connectivity index is 1.99. The van der Waals surface area contributed by atoms with Crippen molar-refractivity contribution in [1.82, 2.24) is 14.4 Å². The summed E-state index contributed by atoms with van der Waals surface area (Å²) in [5.41, 5.74) is 6.27. The quantitative estimate of drug-likeness (QED) is 0.521. The number of rotatable bonds is 1. The molecular weight excluding hydrogens is 258 g/mol. The van der Waals surface area contributed by atoms with Gasteiger partial charge in [-0.05, 0) is 38.1 Å². The van der Waals surface area contributed by atoms with E-state index in [1.54, 1.807) is 0 Å². The molecule has 0 aliphatic rings. The molecule has 0 fully saturated rings. The summed E-state index contributed by atoms with van der Waals surface area (Å²) in [6.07, 6.45) is 2.03. The van der Waals surface area contributed by atoms with Crippen LogP contribution in [-0.4, -0.2) is 14.4 Å². The lowest BCUT2D eigenvalue weighted by atomic mass is 10.1. The summed E-state index contributed by atoms with van der Waals surface area (Å²) < 4.78 is 2.06. The minimum atomic E-state index is 0.938. The molecule has 0 amide bonds. The Morgan fingerprint density at radius 3 is 2.38 bits per heavy atom. The van der Waals surface area contributed by atoms with E-state index in [0.717, 1.165) is 33.6 Å². The van der Waals surface area contributed by atoms with Crippen molar-refractivity contribution < 1.29 is 0 Å². The van der Waals surface area contributed by atoms with Crippen molar-refractivity contribution in [2.45, 2.75) is 13.8 Å². The Hall–Kier alpha value is -2.68. The molecule has 3 aromatic heterocycles. The lowest BCUT2D eigenvalue weighted by molar-refractivity contribution is 1.19. The minimum absolute atomic E-state index is 0.938. The fourth-order valence-corrected chi connectivity index (χ4v) is 2.64. The fraction of sp³-hybridized carbons (Fsp3) is 0.111. The van der Waals surface area contributed by atoms with Crippen LogP contribution in [0.25, 0.3) is 27.9 Å². The number of fused-ring (bicyclic) bond motifs is 3. The van der Waals surface area contributed by atoms with E-state index in [1.807, 2.05) is 19.2 Å². The highest BCUT2D eigenvalue weighted by atomic mass is 15.0. The molecule has 3 heterocycles. The number of hydrogen-bond donors (Lipinski definition) is 0. The number of hydrogen-bond acceptors (Lipinski definition) is 2. The van der Waals surface area contributed by atoms with Crippen LogP contribution in [-0.2, 0) is 0 Å². The van der Waals surface area contributed by atoms with E-state index in [2.05, 4.69) is 58.8 Å². The van der Waals surface area contributed by atoms with Crippen LogP contribution in [0.1, 0.15) is 11.3 Å². The van der Waals surface area contributed by atoms with E-state index in [9.17, 15) is 0 Å². The van der Waals surface area contributed by atoms with E-state index in [-0.39, 0.29) is 0 Å². The Kier molecular flexibility index (Phi) is 2.54. The van der Waals surface area contributed by atoms with Crippen LogP contribution in [0.5, 0.6) is 0 Å². The topological polar surface area (TPSA) is 30.2 Å². The van der Waals surface area contributed by atoms with Crippen LogP contribution in [0.15, 0.2) is 54.7 Å². The van der Waals surface area contributed by atoms with Gasteiger partial charge in [0.25, 0.3) is 0 Å². The summed E-state index contributed by atoms with van der Waals surface area (Å²) in [5, 5.41) is 1.12. The molecule has 0 saturated heterocycles. The fourth-order valence-electron chi connectivity index (χ4n) is 2.64. The number of pyridine rings is 2. The van der Waals surface area contributed by atoms with Crippen LogP contribution in [0.3, 0.4) is 0 Å². The zero-order chi connectivity index (χ0) is 14.4. The van der Waals surface area contributed by atoms with Crippen molar-refractivity contribution in [1.29, 1.82) is 0 Å². The standard InChI is InChI=1S/C18H15N3/c1-12-3-5-14(6-4-12)16-9-7-15-8-10-17-19-13(2)11-21(17)18(15)20-16/h3-11H,1-2H3. The summed E-state index contributed by atoms with van der Waals surface area (Å²) in [5.74, 6) is 0. The molecule has 0 aliphatic heterocycles. The van der Waals surface area contributed by atoms with Gasteiger partial charge < -0.3 is 0 Å². The molecule has 4 aromatic rings. The molecule has 0 saturated carbocycles. The molecule has 1 aromatic carbocycles. The number of imidazole rings is 1. The van der Waals surface area contributed by atoms with Gasteiger partial charge in [-0.25, -0.2) is 9.97 Å². The molecule has 3 heteroatoms. The van der Waals surface area contributed by atoms with Crippen molar-refractivity contribution in [3.05, 3.63) is 66.0 Å². The second kappa shape index (κ2) is 4.42. The Labute approximate surface area is 122 Å². The molecular formula is C18H15N3. The average molecular weight is 273 g/mol. The summed E-state index contributed by atoms with van der Waals surface area (Å²) in [7, 11) is 0. The zero-order valence-electron chi connectivity index (χ0n) is 12.0. The molecule has 0 N–H and O–H groups in total. The summed E-state index contributed by atoms with van der Waals surface area (Å²) in [6.45, 7) is 4.10. The molecule has 4 rings (SSSR count). The highest BCUT2D eigenvalue weighted by molar-refractivity contribution is 5.81. The van der Waals surface area contributed by atoms with Gasteiger partial charge in [0.1, 0.15) is 11.3 Å². The predicted octanol–water partition coefficient (Wildman–Crippen LogP) is 4.17. The second-order valence-corrected chi connectivity index (χ2v) is 5.42. The van der Waals surface area contributed by atoms with Gasteiger partial charge in [-0.3, -0.25) is 4.40 Å². The SMILES string of the molecule is Cc1ccc(-c2ccc3ccc4nc(C)cn4c3n2)cc1. The normalized spacial score (nSPS) is 11.3. The molecule has 0 spiro atoms. The first-order valence-electron chi connectivity index (χ1n) is 7.03. The number of aryl methyl sites for hydroxylation is 2. The number of nitrogens with zero attached hydrogens (tertiary/aromatic N) is 3. The van der Waals surface area contributed by atoms with Crippen LogP contribution >= 0.6 is 0 Å². The Morgan fingerprint density at radius 2 is 1.57 bits per heavy atom. The Bertz CT molecular complexity index is 949. The van der Waals surface area contributed by atoms with E-state index in [1.165, 1.54) is 5.56 Å². The smallest absolute Gasteiger partial charge is 0.146 e. The third kappa shape index (κ3) is 1.98. The molecule has 0 radical (unpaired) electrons. The van der Waals surface area contributed by atoms with Crippen LogP contribution in [0.4, 0.5) is 0 Å². The van der Waals surface area contributed by atoms with Crippen molar-refractivity contribution in [3.8, 4) is 11.3 Å². The third-order valence-electron chi connectivity index (χ3n) is 3.75. The third-order valence-corrected chi connectivity index (χ3v) is 3.75. The Morgan fingerprint density at radius 1 is 0.810 bits per heavy atom. The monoisotopic (exact) mass is 273 g/mol. The van der Waals surface area contributed by atoms with Crippen LogP contribution < -0.4 is 0 Å². The van der Waals surface area contributed by atoms with Gasteiger partial charge >= 0.3 is 0 Å². The van der Waals surface area contributed by atoms with E-state index < -0.39 is 0 Å². The first-order chi connectivity index (χ1) is 10.2. The predicted molar refractivity (Wildman–Crippen MR) is 85.4 cm³/mol. The molecule has 0 unspecified atom stereocenters. The van der Waals surface area contributed by atoms with E-state index in [0.29, 0.717) is 0 Å². The van der Waals surface area contributed by atoms with Gasteiger partial charge in [0.05, 0.1) is 11.4 Å². The average Bonchev–Trinajstić information content (AvgIpc) is 2.88. The maximum atomic E-state index is 4.84. The maximum absolute atomic E-state index is 4.84. The van der Waals surface area contributed by atoms with Gasteiger partial charge in [0.2, 0.25) is 0 Å². The van der Waals surface area contributed by atoms with Crippen LogP contribution in [0, 0.1) is 13.8 Å². The zero-order valence-corrected chi connectivity index (χ0v) is 12.0. The second-order valence-electron chi connectivity index (χ2n) is 5.42. The molecule has 0 atom stereocenters. The number of aromatic nitrogens is 3. The molecule has 0 aliphatic carbocycles. The lowest BCUT2D eigenvalue weighted by Gasteiger charge is -2.05. The van der Waals surface area contributed by atoms with Gasteiger partial charge in [-0.1, -0.05) is 29.8 Å². The van der Waals surface area contributed by atoms with Gasteiger partial charge in [0, 0.05) is 17.1 Å². The molecule has 3 nitrogen and oxygen atoms in total. The van der Waals surface area contributed by atoms with E-state index in [4.69, 9.17) is 4.98 Å². The van der Waals surface area contributed by atoms with Gasteiger partial charge in [-0.2, -0.15) is 0 Å². The number of benzene rings is 1. The highest BCUT2D eigenvalue weighted by Crippen LogP contribution is 2.22. The first-order valence-corrected chi connectivity index (χ1v) is 7.03. The van der Waals surface area contributed by atoms with Crippen LogP contribution in [0.2, 0.25) is 0 Å². The maximum Gasteiger partial charge on any atom is 0.146 e. The molecule has 102 valence electrons. The van der Waals surface area contributed by atoms with Crippen molar-refractivity contribution >= 4 is 16.7 Å². The minimum Gasteiger partial charge on any atom is -0.284 e. The summed E-state index contributed by atoms with van der Waals surface area (Å²) in [4.78, 5) is 9.34. The van der Waals surface area contributed by atoms with Crippen molar-refractivity contribution in [2.75, 3.05) is 0 Å². The highest BCUT2D eigenvalue weighted by Gasteiger charge is 2.06. The van der Waals surface area contributed by atoms with Crippen molar-refractivity contribution in [2.24, 2.45) is 0 Å². The molecule has 0 bridgehead atoms. The first kappa shape index (κ1) is 12.1. The summed E-state index contributed by atoms with van der Waals surface area (Å²) >= 11 is 0. The summed E-state index contributed by atoms with van der Waals surface area (Å²) in [6, 6.07) is 16.7. The molecule has 21 heavy (non-hydrogen) atoms. The van der Waals surface area contributed by atoms with Gasteiger partial charge in [-0.15, -0.1) is 0 Å².